The summed E-state index contributed by atoms with van der Waals surface area (Å²) in [6.45, 7) is 4.91. The molecular weight excluding hydrogens is 222 g/mol. The van der Waals surface area contributed by atoms with E-state index < -0.39 is 0 Å². The van der Waals surface area contributed by atoms with Crippen molar-refractivity contribution in [1.82, 2.24) is 5.32 Å². The van der Waals surface area contributed by atoms with Crippen molar-refractivity contribution in [3.05, 3.63) is 34.9 Å². The summed E-state index contributed by atoms with van der Waals surface area (Å²) in [7, 11) is 0. The molecule has 3 heteroatoms. The van der Waals surface area contributed by atoms with Crippen molar-refractivity contribution in [1.29, 1.82) is 0 Å². The zero-order chi connectivity index (χ0) is 12.0. The molecule has 1 rings (SSSR count). The summed E-state index contributed by atoms with van der Waals surface area (Å²) in [5, 5.41) is 3.87. The minimum absolute atomic E-state index is 0.118. The third kappa shape index (κ3) is 3.95. The second-order valence-electron chi connectivity index (χ2n) is 3.90. The maximum Gasteiger partial charge on any atom is 0.179 e. The van der Waals surface area contributed by atoms with Crippen LogP contribution in [-0.4, -0.2) is 18.4 Å². The fourth-order valence-corrected chi connectivity index (χ4v) is 1.58. The van der Waals surface area contributed by atoms with Gasteiger partial charge >= 0.3 is 0 Å². The molecule has 0 bridgehead atoms. The summed E-state index contributed by atoms with van der Waals surface area (Å²) in [6.07, 6.45) is 2.23. The van der Waals surface area contributed by atoms with Gasteiger partial charge in [-0.2, -0.15) is 0 Å². The molecule has 1 N–H and O–H groups in total. The average Bonchev–Trinajstić information content (AvgIpc) is 2.29. The minimum Gasteiger partial charge on any atom is -0.307 e. The average molecular weight is 240 g/mol. The van der Waals surface area contributed by atoms with E-state index in [-0.39, 0.29) is 11.8 Å². The van der Waals surface area contributed by atoms with Crippen LogP contribution in [0.15, 0.2) is 24.3 Å². The Labute approximate surface area is 102 Å². The lowest BCUT2D eigenvalue weighted by atomic mass is 10.1. The van der Waals surface area contributed by atoms with Crippen LogP contribution in [0.2, 0.25) is 5.02 Å². The molecule has 16 heavy (non-hydrogen) atoms. The maximum atomic E-state index is 11.9. The van der Waals surface area contributed by atoms with Crippen LogP contribution in [0, 0.1) is 0 Å². The number of ketones is 1. The van der Waals surface area contributed by atoms with Crippen LogP contribution in [0.1, 0.15) is 37.0 Å². The Morgan fingerprint density at radius 1 is 1.38 bits per heavy atom. The summed E-state index contributed by atoms with van der Waals surface area (Å²) in [5.74, 6) is 0.118. The van der Waals surface area contributed by atoms with Crippen LogP contribution in [0.5, 0.6) is 0 Å². The molecule has 0 amide bonds. The quantitative estimate of drug-likeness (QED) is 0.610. The molecular formula is C13H18ClNO. The predicted octanol–water partition coefficient (Wildman–Crippen LogP) is 3.30. The van der Waals surface area contributed by atoms with Gasteiger partial charge in [0.2, 0.25) is 0 Å². The van der Waals surface area contributed by atoms with Gasteiger partial charge in [-0.3, -0.25) is 4.79 Å². The fraction of sp³-hybridized carbons (Fsp3) is 0.462. The number of unbranched alkanes of at least 4 members (excludes halogenated alkanes) is 1. The largest absolute Gasteiger partial charge is 0.307 e. The zero-order valence-electron chi connectivity index (χ0n) is 9.79. The molecule has 1 aromatic carbocycles. The smallest absolute Gasteiger partial charge is 0.179 e. The van der Waals surface area contributed by atoms with E-state index in [1.54, 1.807) is 24.3 Å². The van der Waals surface area contributed by atoms with Crippen molar-refractivity contribution in [3.8, 4) is 0 Å². The second kappa shape index (κ2) is 6.66. The zero-order valence-corrected chi connectivity index (χ0v) is 10.6. The van der Waals surface area contributed by atoms with Crippen LogP contribution >= 0.6 is 11.6 Å². The third-order valence-electron chi connectivity index (χ3n) is 2.50. The molecule has 1 atom stereocenters. The molecule has 0 aromatic heterocycles. The molecule has 0 unspecified atom stereocenters. The highest BCUT2D eigenvalue weighted by atomic mass is 35.5. The lowest BCUT2D eigenvalue weighted by molar-refractivity contribution is 0.0951. The number of benzene rings is 1. The molecule has 0 aliphatic heterocycles. The van der Waals surface area contributed by atoms with Gasteiger partial charge in [0.1, 0.15) is 0 Å². The second-order valence-corrected chi connectivity index (χ2v) is 4.34. The Hall–Kier alpha value is -0.860. The van der Waals surface area contributed by atoms with Crippen molar-refractivity contribution in [3.63, 3.8) is 0 Å². The number of nitrogens with one attached hydrogen (secondary N) is 1. The first-order valence-corrected chi connectivity index (χ1v) is 6.06. The number of Topliss-reactive ketones (excluding diaryl/α,β-unsaturated/α-hetero) is 1. The van der Waals surface area contributed by atoms with Crippen molar-refractivity contribution in [2.75, 3.05) is 6.54 Å². The first kappa shape index (κ1) is 13.2. The molecule has 0 heterocycles. The van der Waals surface area contributed by atoms with Gasteiger partial charge in [0.05, 0.1) is 6.04 Å². The predicted molar refractivity (Wildman–Crippen MR) is 68.2 cm³/mol. The molecule has 0 saturated carbocycles. The van der Waals surface area contributed by atoms with Crippen LogP contribution in [0.4, 0.5) is 0 Å². The van der Waals surface area contributed by atoms with Crippen LogP contribution in [0.25, 0.3) is 0 Å². The van der Waals surface area contributed by atoms with E-state index in [1.807, 2.05) is 6.92 Å². The Bertz CT molecular complexity index is 334. The standard InChI is InChI=1S/C13H18ClNO/c1-3-4-9-15-10(2)13(16)11-5-7-12(14)8-6-11/h5-8,10,15H,3-4,9H2,1-2H3/t10-/m1/s1. The highest BCUT2D eigenvalue weighted by molar-refractivity contribution is 6.30. The summed E-state index contributed by atoms with van der Waals surface area (Å²) in [6, 6.07) is 6.89. The molecule has 0 radical (unpaired) electrons. The van der Waals surface area contributed by atoms with Gasteiger partial charge in [-0.25, -0.2) is 0 Å². The van der Waals surface area contributed by atoms with Gasteiger partial charge in [-0.05, 0) is 44.2 Å². The van der Waals surface area contributed by atoms with Crippen molar-refractivity contribution < 1.29 is 4.79 Å². The summed E-state index contributed by atoms with van der Waals surface area (Å²) in [5.41, 5.74) is 0.709. The van der Waals surface area contributed by atoms with E-state index in [1.165, 1.54) is 0 Å². The SMILES string of the molecule is CCCCN[C@H](C)C(=O)c1ccc(Cl)cc1. The van der Waals surface area contributed by atoms with Gasteiger partial charge in [-0.15, -0.1) is 0 Å². The van der Waals surface area contributed by atoms with Crippen LogP contribution < -0.4 is 5.32 Å². The van der Waals surface area contributed by atoms with Crippen LogP contribution in [0.3, 0.4) is 0 Å². The normalized spacial score (nSPS) is 12.4. The molecule has 2 nitrogen and oxygen atoms in total. The van der Waals surface area contributed by atoms with Gasteiger partial charge in [0.15, 0.2) is 5.78 Å². The molecule has 0 saturated heterocycles. The minimum atomic E-state index is -0.132. The lowest BCUT2D eigenvalue weighted by Gasteiger charge is -2.12. The van der Waals surface area contributed by atoms with Gasteiger partial charge in [0, 0.05) is 10.6 Å². The fourth-order valence-electron chi connectivity index (χ4n) is 1.45. The highest BCUT2D eigenvalue weighted by Crippen LogP contribution is 2.11. The van der Waals surface area contributed by atoms with Gasteiger partial charge in [0.25, 0.3) is 0 Å². The van der Waals surface area contributed by atoms with Gasteiger partial charge in [-0.1, -0.05) is 24.9 Å². The summed E-state index contributed by atoms with van der Waals surface area (Å²) in [4.78, 5) is 11.9. The van der Waals surface area contributed by atoms with Crippen molar-refractivity contribution in [2.24, 2.45) is 0 Å². The third-order valence-corrected chi connectivity index (χ3v) is 2.75. The number of carbonyl (C=O) groups excluding carboxylic acids is 1. The number of halogens is 1. The van der Waals surface area contributed by atoms with E-state index >= 15 is 0 Å². The van der Waals surface area contributed by atoms with Crippen molar-refractivity contribution >= 4 is 17.4 Å². The Kier molecular flexibility index (Phi) is 5.50. The summed E-state index contributed by atoms with van der Waals surface area (Å²) < 4.78 is 0. The van der Waals surface area contributed by atoms with Gasteiger partial charge < -0.3 is 5.32 Å². The molecule has 0 fully saturated rings. The first-order valence-electron chi connectivity index (χ1n) is 5.68. The number of hydrogen-bond acceptors (Lipinski definition) is 2. The lowest BCUT2D eigenvalue weighted by Crippen LogP contribution is -2.34. The Morgan fingerprint density at radius 3 is 2.56 bits per heavy atom. The summed E-state index contributed by atoms with van der Waals surface area (Å²) >= 11 is 5.77. The van der Waals surface area contributed by atoms with E-state index in [9.17, 15) is 4.79 Å². The van der Waals surface area contributed by atoms with E-state index in [0.717, 1.165) is 19.4 Å². The van der Waals surface area contributed by atoms with E-state index in [2.05, 4.69) is 12.2 Å². The number of rotatable bonds is 6. The first-order chi connectivity index (χ1) is 7.65. The molecule has 0 aliphatic carbocycles. The maximum absolute atomic E-state index is 11.9. The molecule has 0 aliphatic rings. The molecule has 1 aromatic rings. The highest BCUT2D eigenvalue weighted by Gasteiger charge is 2.13. The van der Waals surface area contributed by atoms with E-state index in [4.69, 9.17) is 11.6 Å². The molecule has 88 valence electrons. The Morgan fingerprint density at radius 2 is 2.00 bits per heavy atom. The van der Waals surface area contributed by atoms with Crippen molar-refractivity contribution in [2.45, 2.75) is 32.7 Å². The van der Waals surface area contributed by atoms with E-state index in [0.29, 0.717) is 10.6 Å². The topological polar surface area (TPSA) is 29.1 Å². The molecule has 0 spiro atoms. The van der Waals surface area contributed by atoms with Crippen LogP contribution in [-0.2, 0) is 0 Å². The number of carbonyl (C=O) groups is 1. The number of hydrogen-bond donors (Lipinski definition) is 1. The monoisotopic (exact) mass is 239 g/mol. The Balaban J connectivity index is 2.53.